The Hall–Kier alpha value is -1.01. The normalized spacial score (nSPS) is 11.1. The lowest BCUT2D eigenvalue weighted by Gasteiger charge is -2.21. The molecule has 0 bridgehead atoms. The summed E-state index contributed by atoms with van der Waals surface area (Å²) in [4.78, 5) is 16.3. The highest BCUT2D eigenvalue weighted by atomic mass is 79.9. The Morgan fingerprint density at radius 1 is 1.53 bits per heavy atom. The van der Waals surface area contributed by atoms with Gasteiger partial charge in [-0.3, -0.25) is 4.79 Å². The molecule has 0 aliphatic rings. The quantitative estimate of drug-likeness (QED) is 0.840. The molecule has 1 heterocycles. The van der Waals surface area contributed by atoms with Gasteiger partial charge >= 0.3 is 0 Å². The van der Waals surface area contributed by atoms with Crippen molar-refractivity contribution in [3.63, 3.8) is 0 Å². The monoisotopic (exact) mass is 315 g/mol. The van der Waals surface area contributed by atoms with E-state index in [0.29, 0.717) is 5.82 Å². The highest BCUT2D eigenvalue weighted by Gasteiger charge is 2.31. The number of aryl methyl sites for hydroxylation is 1. The molecule has 1 amide bonds. The van der Waals surface area contributed by atoms with Crippen LogP contribution >= 0.6 is 28.1 Å². The molecule has 0 saturated carbocycles. The van der Waals surface area contributed by atoms with E-state index in [1.54, 1.807) is 19.9 Å². The Bertz CT molecular complexity index is 474. The summed E-state index contributed by atoms with van der Waals surface area (Å²) in [5.74, 6) is 0.222. The third kappa shape index (κ3) is 3.23. The van der Waals surface area contributed by atoms with Crippen LogP contribution in [0, 0.1) is 12.3 Å². The molecule has 0 atom stereocenters. The molecular weight excluding hydrogens is 302 g/mol. The minimum Gasteiger partial charge on any atom is -0.392 e. The fourth-order valence-electron chi connectivity index (χ4n) is 0.998. The zero-order chi connectivity index (χ0) is 13.2. The maximum absolute atomic E-state index is 11.9. The van der Waals surface area contributed by atoms with Crippen molar-refractivity contribution in [2.75, 3.05) is 5.32 Å². The predicted octanol–water partition coefficient (Wildman–Crippen LogP) is 2.40. The van der Waals surface area contributed by atoms with Gasteiger partial charge in [0, 0.05) is 4.47 Å². The third-order valence-electron chi connectivity index (χ3n) is 2.45. The molecule has 17 heavy (non-hydrogen) atoms. The molecule has 4 nitrogen and oxygen atoms in total. The van der Waals surface area contributed by atoms with Gasteiger partial charge in [0.25, 0.3) is 0 Å². The number of nitrogens with one attached hydrogen (secondary N) is 1. The molecule has 0 radical (unpaired) electrons. The fraction of sp³-hybridized carbons (Fsp3) is 0.364. The molecule has 0 aromatic carbocycles. The number of amides is 1. The van der Waals surface area contributed by atoms with E-state index in [9.17, 15) is 4.79 Å². The maximum Gasteiger partial charge on any atom is 0.238 e. The van der Waals surface area contributed by atoms with Crippen LogP contribution in [-0.4, -0.2) is 15.9 Å². The molecule has 92 valence electrons. The number of carbonyl (C=O) groups is 1. The zero-order valence-corrected chi connectivity index (χ0v) is 12.3. The Labute approximate surface area is 114 Å². The summed E-state index contributed by atoms with van der Waals surface area (Å²) in [7, 11) is 0. The Morgan fingerprint density at radius 3 is 2.59 bits per heavy atom. The first-order valence-electron chi connectivity index (χ1n) is 4.99. The Kier molecular flexibility index (Phi) is 4.21. The average Bonchev–Trinajstić information content (AvgIpc) is 2.23. The van der Waals surface area contributed by atoms with Crippen molar-refractivity contribution in [1.82, 2.24) is 4.98 Å². The SMILES string of the molecule is Cc1nc(NC(=O)C(C)(C)C(N)=S)ccc1Br. The predicted molar refractivity (Wildman–Crippen MR) is 75.9 cm³/mol. The summed E-state index contributed by atoms with van der Waals surface area (Å²) in [6.45, 7) is 5.20. The number of thiocarbonyl (C=S) groups is 1. The minimum absolute atomic E-state index is 0.156. The molecule has 1 rings (SSSR count). The first-order chi connectivity index (χ1) is 7.75. The van der Waals surface area contributed by atoms with Gasteiger partial charge in [-0.2, -0.15) is 0 Å². The molecule has 0 aliphatic heterocycles. The molecule has 0 saturated heterocycles. The van der Waals surface area contributed by atoms with Crippen molar-refractivity contribution < 1.29 is 4.79 Å². The van der Waals surface area contributed by atoms with Crippen LogP contribution in [0.3, 0.4) is 0 Å². The van der Waals surface area contributed by atoms with E-state index in [1.165, 1.54) is 0 Å². The molecule has 3 N–H and O–H groups in total. The van der Waals surface area contributed by atoms with Gasteiger partial charge in [0.15, 0.2) is 0 Å². The molecule has 0 unspecified atom stereocenters. The van der Waals surface area contributed by atoms with Crippen molar-refractivity contribution in [3.05, 3.63) is 22.3 Å². The van der Waals surface area contributed by atoms with Crippen LogP contribution in [0.25, 0.3) is 0 Å². The molecule has 1 aromatic heterocycles. The van der Waals surface area contributed by atoms with E-state index in [-0.39, 0.29) is 10.9 Å². The summed E-state index contributed by atoms with van der Waals surface area (Å²) >= 11 is 8.20. The van der Waals surface area contributed by atoms with Crippen LogP contribution in [0.1, 0.15) is 19.5 Å². The molecular formula is C11H14BrN3OS. The smallest absolute Gasteiger partial charge is 0.238 e. The van der Waals surface area contributed by atoms with Crippen molar-refractivity contribution >= 4 is 44.9 Å². The largest absolute Gasteiger partial charge is 0.392 e. The second kappa shape index (κ2) is 5.10. The van der Waals surface area contributed by atoms with Gasteiger partial charge in [-0.15, -0.1) is 0 Å². The molecule has 0 fully saturated rings. The minimum atomic E-state index is -0.891. The van der Waals surface area contributed by atoms with Crippen LogP contribution in [-0.2, 0) is 4.79 Å². The Morgan fingerprint density at radius 2 is 2.12 bits per heavy atom. The average molecular weight is 316 g/mol. The lowest BCUT2D eigenvalue weighted by atomic mass is 9.92. The topological polar surface area (TPSA) is 68.0 Å². The van der Waals surface area contributed by atoms with E-state index < -0.39 is 5.41 Å². The highest BCUT2D eigenvalue weighted by Crippen LogP contribution is 2.20. The summed E-state index contributed by atoms with van der Waals surface area (Å²) < 4.78 is 0.893. The standard InChI is InChI=1S/C11H14BrN3OS/c1-6-7(12)4-5-8(14-6)15-10(16)11(2,3)9(13)17/h4-5H,1-3H3,(H2,13,17)(H,14,15,16). The van der Waals surface area contributed by atoms with Crippen molar-refractivity contribution in [3.8, 4) is 0 Å². The second-order valence-corrected chi connectivity index (χ2v) is 5.50. The van der Waals surface area contributed by atoms with E-state index >= 15 is 0 Å². The first kappa shape index (κ1) is 14.1. The summed E-state index contributed by atoms with van der Waals surface area (Å²) in [6, 6.07) is 3.54. The second-order valence-electron chi connectivity index (χ2n) is 4.21. The van der Waals surface area contributed by atoms with E-state index in [4.69, 9.17) is 18.0 Å². The van der Waals surface area contributed by atoms with Crippen LogP contribution in [0.15, 0.2) is 16.6 Å². The van der Waals surface area contributed by atoms with Crippen LogP contribution in [0.4, 0.5) is 5.82 Å². The third-order valence-corrected chi connectivity index (χ3v) is 3.80. The van der Waals surface area contributed by atoms with Crippen LogP contribution in [0.5, 0.6) is 0 Å². The van der Waals surface area contributed by atoms with Gasteiger partial charge < -0.3 is 11.1 Å². The number of nitrogens with zero attached hydrogens (tertiary/aromatic N) is 1. The zero-order valence-electron chi connectivity index (χ0n) is 9.87. The fourth-order valence-corrected chi connectivity index (χ4v) is 1.31. The number of halogens is 1. The van der Waals surface area contributed by atoms with Gasteiger partial charge in [0.2, 0.25) is 5.91 Å². The molecule has 0 spiro atoms. The lowest BCUT2D eigenvalue weighted by Crippen LogP contribution is -2.41. The number of aromatic nitrogens is 1. The van der Waals surface area contributed by atoms with Crippen LogP contribution < -0.4 is 11.1 Å². The van der Waals surface area contributed by atoms with Crippen LogP contribution in [0.2, 0.25) is 0 Å². The number of anilines is 1. The number of rotatable bonds is 3. The number of carbonyl (C=O) groups excluding carboxylic acids is 1. The van der Waals surface area contributed by atoms with E-state index in [1.807, 2.05) is 13.0 Å². The van der Waals surface area contributed by atoms with Gasteiger partial charge in [-0.05, 0) is 48.8 Å². The van der Waals surface area contributed by atoms with Gasteiger partial charge in [-0.25, -0.2) is 4.98 Å². The number of nitrogens with two attached hydrogens (primary N) is 1. The lowest BCUT2D eigenvalue weighted by molar-refractivity contribution is -0.121. The summed E-state index contributed by atoms with van der Waals surface area (Å²) in [6.07, 6.45) is 0. The highest BCUT2D eigenvalue weighted by molar-refractivity contribution is 9.10. The molecule has 1 aromatic rings. The van der Waals surface area contributed by atoms with Crippen molar-refractivity contribution in [1.29, 1.82) is 0 Å². The van der Waals surface area contributed by atoms with Crippen molar-refractivity contribution in [2.45, 2.75) is 20.8 Å². The van der Waals surface area contributed by atoms with E-state index in [0.717, 1.165) is 10.2 Å². The number of pyridine rings is 1. The number of hydrogen-bond donors (Lipinski definition) is 2. The molecule has 0 aliphatic carbocycles. The van der Waals surface area contributed by atoms with Gasteiger partial charge in [0.05, 0.1) is 16.1 Å². The summed E-state index contributed by atoms with van der Waals surface area (Å²) in [5, 5.41) is 2.69. The summed E-state index contributed by atoms with van der Waals surface area (Å²) in [5.41, 5.74) is 5.43. The number of hydrogen-bond acceptors (Lipinski definition) is 3. The van der Waals surface area contributed by atoms with Gasteiger partial charge in [-0.1, -0.05) is 12.2 Å². The van der Waals surface area contributed by atoms with Crippen molar-refractivity contribution in [2.24, 2.45) is 11.1 Å². The van der Waals surface area contributed by atoms with E-state index in [2.05, 4.69) is 26.2 Å². The Balaban J connectivity index is 2.89. The van der Waals surface area contributed by atoms with Gasteiger partial charge in [0.1, 0.15) is 5.82 Å². The first-order valence-corrected chi connectivity index (χ1v) is 6.20. The molecule has 6 heteroatoms. The maximum atomic E-state index is 11.9.